The van der Waals surface area contributed by atoms with Crippen LogP contribution in [0.25, 0.3) is 0 Å². The van der Waals surface area contributed by atoms with Gasteiger partial charge in [-0.2, -0.15) is 0 Å². The summed E-state index contributed by atoms with van der Waals surface area (Å²) in [6.45, 7) is 1.60. The van der Waals surface area contributed by atoms with Crippen molar-refractivity contribution >= 4 is 5.78 Å². The quantitative estimate of drug-likeness (QED) is 0.781. The summed E-state index contributed by atoms with van der Waals surface area (Å²) < 4.78 is 0. The lowest BCUT2D eigenvalue weighted by molar-refractivity contribution is -0.117. The molecule has 1 heterocycles. The van der Waals surface area contributed by atoms with Gasteiger partial charge in [0.1, 0.15) is 5.78 Å². The maximum absolute atomic E-state index is 11.7. The summed E-state index contributed by atoms with van der Waals surface area (Å²) in [6, 6.07) is 15.4. The maximum atomic E-state index is 11.7. The number of pyridine rings is 1. The summed E-state index contributed by atoms with van der Waals surface area (Å²) in [5.74, 6) is -0.132. The zero-order valence-electron chi connectivity index (χ0n) is 9.13. The monoisotopic (exact) mass is 211 g/mol. The third-order valence-electron chi connectivity index (χ3n) is 2.52. The van der Waals surface area contributed by atoms with E-state index in [2.05, 4.69) is 4.98 Å². The Kier molecular flexibility index (Phi) is 3.10. The molecule has 0 fully saturated rings. The Hall–Kier alpha value is -1.96. The fourth-order valence-corrected chi connectivity index (χ4v) is 1.81. The van der Waals surface area contributed by atoms with Crippen molar-refractivity contribution in [3.05, 3.63) is 66.0 Å². The minimum absolute atomic E-state index is 0.116. The first-order chi connectivity index (χ1) is 7.79. The molecule has 16 heavy (non-hydrogen) atoms. The topological polar surface area (TPSA) is 30.0 Å². The average Bonchev–Trinajstić information content (AvgIpc) is 2.31. The minimum atomic E-state index is -0.248. The number of Topliss-reactive ketones (excluding diaryl/α,β-unsaturated/α-hetero) is 1. The first-order valence-electron chi connectivity index (χ1n) is 5.25. The molecular weight excluding hydrogens is 198 g/mol. The summed E-state index contributed by atoms with van der Waals surface area (Å²) in [5, 5.41) is 0. The zero-order valence-corrected chi connectivity index (χ0v) is 9.13. The van der Waals surface area contributed by atoms with Gasteiger partial charge in [-0.05, 0) is 24.6 Å². The van der Waals surface area contributed by atoms with Gasteiger partial charge in [0.15, 0.2) is 0 Å². The van der Waals surface area contributed by atoms with Gasteiger partial charge in [-0.1, -0.05) is 36.4 Å². The Morgan fingerprint density at radius 1 is 1.06 bits per heavy atom. The highest BCUT2D eigenvalue weighted by molar-refractivity contribution is 5.86. The van der Waals surface area contributed by atoms with Gasteiger partial charge in [0.25, 0.3) is 0 Å². The largest absolute Gasteiger partial charge is 0.299 e. The Balaban J connectivity index is 2.44. The molecule has 1 aromatic heterocycles. The number of rotatable bonds is 3. The predicted molar refractivity (Wildman–Crippen MR) is 63.2 cm³/mol. The third kappa shape index (κ3) is 2.16. The molecule has 0 aliphatic heterocycles. The molecule has 0 amide bonds. The Labute approximate surface area is 95.0 Å². The second-order valence-electron chi connectivity index (χ2n) is 3.71. The highest BCUT2D eigenvalue weighted by Crippen LogP contribution is 2.23. The first kappa shape index (κ1) is 10.6. The summed E-state index contributed by atoms with van der Waals surface area (Å²) in [4.78, 5) is 16.0. The Bertz CT molecular complexity index is 425. The fraction of sp³-hybridized carbons (Fsp3) is 0.143. The van der Waals surface area contributed by atoms with Gasteiger partial charge < -0.3 is 0 Å². The van der Waals surface area contributed by atoms with Crippen LogP contribution in [0.1, 0.15) is 24.1 Å². The van der Waals surface area contributed by atoms with Crippen molar-refractivity contribution in [2.75, 3.05) is 0 Å². The van der Waals surface area contributed by atoms with Gasteiger partial charge in [-0.25, -0.2) is 0 Å². The van der Waals surface area contributed by atoms with Crippen LogP contribution in [0, 0.1) is 0 Å². The summed E-state index contributed by atoms with van der Waals surface area (Å²) in [6.07, 6.45) is 1.72. The number of hydrogen-bond donors (Lipinski definition) is 0. The van der Waals surface area contributed by atoms with Gasteiger partial charge in [0.2, 0.25) is 0 Å². The zero-order chi connectivity index (χ0) is 11.4. The molecule has 1 aromatic carbocycles. The Morgan fingerprint density at radius 3 is 2.31 bits per heavy atom. The van der Waals surface area contributed by atoms with E-state index in [9.17, 15) is 4.79 Å². The molecule has 0 radical (unpaired) electrons. The lowest BCUT2D eigenvalue weighted by Gasteiger charge is -2.13. The van der Waals surface area contributed by atoms with E-state index >= 15 is 0 Å². The van der Waals surface area contributed by atoms with E-state index in [0.717, 1.165) is 11.3 Å². The van der Waals surface area contributed by atoms with Crippen molar-refractivity contribution in [3.8, 4) is 0 Å². The molecule has 80 valence electrons. The molecule has 0 bridgehead atoms. The predicted octanol–water partition coefficient (Wildman–Crippen LogP) is 2.80. The molecule has 0 saturated heterocycles. The van der Waals surface area contributed by atoms with Crippen LogP contribution in [0.2, 0.25) is 0 Å². The number of carbonyl (C=O) groups excluding carboxylic acids is 1. The van der Waals surface area contributed by atoms with E-state index in [1.54, 1.807) is 13.1 Å². The number of benzene rings is 1. The molecule has 0 aliphatic rings. The fourth-order valence-electron chi connectivity index (χ4n) is 1.81. The van der Waals surface area contributed by atoms with Crippen molar-refractivity contribution < 1.29 is 4.79 Å². The molecular formula is C14H13NO. The standard InChI is InChI=1S/C14H13NO/c1-11(16)14(12-7-3-2-4-8-12)13-9-5-6-10-15-13/h2-10,14H,1H3/t14-/m1/s1. The van der Waals surface area contributed by atoms with Gasteiger partial charge in [-0.15, -0.1) is 0 Å². The van der Waals surface area contributed by atoms with Crippen LogP contribution in [-0.2, 0) is 4.79 Å². The lowest BCUT2D eigenvalue weighted by Crippen LogP contribution is -2.11. The third-order valence-corrected chi connectivity index (χ3v) is 2.52. The van der Waals surface area contributed by atoms with Gasteiger partial charge in [0.05, 0.1) is 11.6 Å². The van der Waals surface area contributed by atoms with E-state index in [1.165, 1.54) is 0 Å². The van der Waals surface area contributed by atoms with E-state index in [4.69, 9.17) is 0 Å². The van der Waals surface area contributed by atoms with Crippen molar-refractivity contribution in [1.82, 2.24) is 4.98 Å². The molecule has 0 spiro atoms. The number of hydrogen-bond acceptors (Lipinski definition) is 2. The van der Waals surface area contributed by atoms with Crippen LogP contribution in [0.5, 0.6) is 0 Å². The van der Waals surface area contributed by atoms with E-state index in [0.29, 0.717) is 0 Å². The van der Waals surface area contributed by atoms with Gasteiger partial charge >= 0.3 is 0 Å². The second kappa shape index (κ2) is 4.71. The molecule has 2 aromatic rings. The van der Waals surface area contributed by atoms with Gasteiger partial charge in [-0.3, -0.25) is 9.78 Å². The van der Waals surface area contributed by atoms with Crippen LogP contribution < -0.4 is 0 Å². The summed E-state index contributed by atoms with van der Waals surface area (Å²) in [5.41, 5.74) is 1.80. The minimum Gasteiger partial charge on any atom is -0.299 e. The second-order valence-corrected chi connectivity index (χ2v) is 3.71. The molecule has 2 heteroatoms. The van der Waals surface area contributed by atoms with Crippen LogP contribution in [0.15, 0.2) is 54.7 Å². The van der Waals surface area contributed by atoms with Gasteiger partial charge in [0, 0.05) is 6.20 Å². The van der Waals surface area contributed by atoms with Crippen LogP contribution in [0.4, 0.5) is 0 Å². The van der Waals surface area contributed by atoms with Crippen molar-refractivity contribution in [3.63, 3.8) is 0 Å². The van der Waals surface area contributed by atoms with Crippen LogP contribution >= 0.6 is 0 Å². The molecule has 1 atom stereocenters. The van der Waals surface area contributed by atoms with Crippen molar-refractivity contribution in [2.24, 2.45) is 0 Å². The Morgan fingerprint density at radius 2 is 1.75 bits per heavy atom. The van der Waals surface area contributed by atoms with Crippen molar-refractivity contribution in [2.45, 2.75) is 12.8 Å². The summed E-state index contributed by atoms with van der Waals surface area (Å²) >= 11 is 0. The molecule has 0 aliphatic carbocycles. The van der Waals surface area contributed by atoms with E-state index < -0.39 is 0 Å². The molecule has 2 nitrogen and oxygen atoms in total. The SMILES string of the molecule is CC(=O)[C@H](c1ccccc1)c1ccccn1. The summed E-state index contributed by atoms with van der Waals surface area (Å²) in [7, 11) is 0. The highest BCUT2D eigenvalue weighted by atomic mass is 16.1. The first-order valence-corrected chi connectivity index (χ1v) is 5.25. The van der Waals surface area contributed by atoms with E-state index in [1.807, 2.05) is 48.5 Å². The molecule has 2 rings (SSSR count). The number of ketones is 1. The van der Waals surface area contributed by atoms with Crippen LogP contribution in [0.3, 0.4) is 0 Å². The van der Waals surface area contributed by atoms with E-state index in [-0.39, 0.29) is 11.7 Å². The molecule has 0 saturated carbocycles. The lowest BCUT2D eigenvalue weighted by atomic mass is 9.92. The molecule has 0 unspecified atom stereocenters. The number of nitrogens with zero attached hydrogens (tertiary/aromatic N) is 1. The maximum Gasteiger partial charge on any atom is 0.143 e. The average molecular weight is 211 g/mol. The van der Waals surface area contributed by atoms with Crippen LogP contribution in [-0.4, -0.2) is 10.8 Å². The number of carbonyl (C=O) groups is 1. The highest BCUT2D eigenvalue weighted by Gasteiger charge is 2.19. The smallest absolute Gasteiger partial charge is 0.143 e. The normalized spacial score (nSPS) is 12.1. The van der Waals surface area contributed by atoms with Crippen molar-refractivity contribution in [1.29, 1.82) is 0 Å². The molecule has 0 N–H and O–H groups in total. The number of aromatic nitrogens is 1.